The number of carbonyl (C=O) groups is 2. The molecule has 2 aromatic rings. The second kappa shape index (κ2) is 7.76. The van der Waals surface area contributed by atoms with Crippen molar-refractivity contribution >= 4 is 40.0 Å². The van der Waals surface area contributed by atoms with Crippen LogP contribution in [0.15, 0.2) is 40.7 Å². The molecule has 2 N–H and O–H groups in total. The van der Waals surface area contributed by atoms with Gasteiger partial charge in [0.15, 0.2) is 5.13 Å². The smallest absolute Gasteiger partial charge is 0.258 e. The lowest BCUT2D eigenvalue weighted by atomic mass is 9.53. The van der Waals surface area contributed by atoms with Crippen molar-refractivity contribution in [2.45, 2.75) is 49.0 Å². The van der Waals surface area contributed by atoms with Crippen LogP contribution in [-0.4, -0.2) is 28.1 Å². The van der Waals surface area contributed by atoms with E-state index in [1.165, 1.54) is 42.4 Å². The molecule has 0 unspecified atom stereocenters. The molecule has 29 heavy (non-hydrogen) atoms. The standard InChI is InChI=1S/C22H25N3O2S2/c26-19(25-22-10-14-7-15(11-22)9-16(8-14)12-22)13-29-18-4-2-1-3-17(18)20(27)24-21-23-5-6-28-21/h1-6,14-16H,7-13H2,(H,25,26)(H,23,24,27). The molecule has 4 bridgehead atoms. The summed E-state index contributed by atoms with van der Waals surface area (Å²) in [6.45, 7) is 0. The maximum Gasteiger partial charge on any atom is 0.258 e. The third-order valence-corrected chi connectivity index (χ3v) is 8.35. The van der Waals surface area contributed by atoms with E-state index in [1.54, 1.807) is 12.3 Å². The van der Waals surface area contributed by atoms with E-state index in [2.05, 4.69) is 15.6 Å². The molecule has 4 aliphatic carbocycles. The topological polar surface area (TPSA) is 71.1 Å². The van der Waals surface area contributed by atoms with Gasteiger partial charge >= 0.3 is 0 Å². The van der Waals surface area contributed by atoms with Gasteiger partial charge in [-0.15, -0.1) is 23.1 Å². The Kier molecular flexibility index (Phi) is 5.12. The molecule has 0 spiro atoms. The number of thioether (sulfide) groups is 1. The highest BCUT2D eigenvalue weighted by atomic mass is 32.2. The van der Waals surface area contributed by atoms with E-state index in [1.807, 2.05) is 23.6 Å². The predicted molar refractivity (Wildman–Crippen MR) is 116 cm³/mol. The molecule has 6 rings (SSSR count). The first-order chi connectivity index (χ1) is 14.1. The van der Waals surface area contributed by atoms with E-state index in [-0.39, 0.29) is 17.4 Å². The first-order valence-corrected chi connectivity index (χ1v) is 12.2. The van der Waals surface area contributed by atoms with E-state index in [0.29, 0.717) is 16.4 Å². The first kappa shape index (κ1) is 19.1. The van der Waals surface area contributed by atoms with Gasteiger partial charge in [0.2, 0.25) is 5.91 Å². The lowest BCUT2D eigenvalue weighted by Crippen LogP contribution is -2.60. The van der Waals surface area contributed by atoms with Crippen LogP contribution in [-0.2, 0) is 4.79 Å². The number of thiazole rings is 1. The number of benzene rings is 1. The Hall–Kier alpha value is -1.86. The predicted octanol–water partition coefficient (Wildman–Crippen LogP) is 4.57. The normalized spacial score (nSPS) is 29.6. The van der Waals surface area contributed by atoms with Crippen LogP contribution in [0.3, 0.4) is 0 Å². The molecule has 5 nitrogen and oxygen atoms in total. The van der Waals surface area contributed by atoms with Gasteiger partial charge in [0, 0.05) is 22.0 Å². The van der Waals surface area contributed by atoms with Crippen LogP contribution in [0.5, 0.6) is 0 Å². The monoisotopic (exact) mass is 427 g/mol. The Morgan fingerprint density at radius 1 is 1.10 bits per heavy atom. The molecule has 1 aromatic heterocycles. The number of nitrogens with zero attached hydrogens (tertiary/aromatic N) is 1. The molecule has 4 saturated carbocycles. The fourth-order valence-electron chi connectivity index (χ4n) is 5.97. The molecule has 4 fully saturated rings. The van der Waals surface area contributed by atoms with Gasteiger partial charge in [0.1, 0.15) is 0 Å². The SMILES string of the molecule is O=C(CSc1ccccc1C(=O)Nc1nccs1)NC12CC3CC(CC(C3)C1)C2. The zero-order valence-electron chi connectivity index (χ0n) is 16.2. The van der Waals surface area contributed by atoms with Crippen molar-refractivity contribution in [2.75, 3.05) is 11.1 Å². The number of nitrogens with one attached hydrogen (secondary N) is 2. The van der Waals surface area contributed by atoms with Crippen LogP contribution in [0.4, 0.5) is 5.13 Å². The molecular weight excluding hydrogens is 402 g/mol. The number of rotatable bonds is 6. The maximum absolute atomic E-state index is 12.8. The van der Waals surface area contributed by atoms with Gasteiger partial charge in [0.05, 0.1) is 11.3 Å². The number of amides is 2. The minimum absolute atomic E-state index is 0.0358. The number of carbonyl (C=O) groups excluding carboxylic acids is 2. The second-order valence-corrected chi connectivity index (χ2v) is 10.7. The lowest BCUT2D eigenvalue weighted by Gasteiger charge is -2.56. The number of hydrogen-bond acceptors (Lipinski definition) is 5. The first-order valence-electron chi connectivity index (χ1n) is 10.3. The van der Waals surface area contributed by atoms with Crippen molar-refractivity contribution in [3.8, 4) is 0 Å². The van der Waals surface area contributed by atoms with E-state index < -0.39 is 0 Å². The Morgan fingerprint density at radius 3 is 2.45 bits per heavy atom. The summed E-state index contributed by atoms with van der Waals surface area (Å²) >= 11 is 2.82. The van der Waals surface area contributed by atoms with Crippen molar-refractivity contribution in [2.24, 2.45) is 17.8 Å². The highest BCUT2D eigenvalue weighted by Gasteiger charge is 2.51. The second-order valence-electron chi connectivity index (χ2n) is 8.82. The summed E-state index contributed by atoms with van der Waals surface area (Å²) in [6, 6.07) is 7.44. The van der Waals surface area contributed by atoms with Crippen molar-refractivity contribution in [1.82, 2.24) is 10.3 Å². The highest BCUT2D eigenvalue weighted by molar-refractivity contribution is 8.00. The van der Waals surface area contributed by atoms with Crippen molar-refractivity contribution in [3.05, 3.63) is 41.4 Å². The third kappa shape index (κ3) is 4.08. The van der Waals surface area contributed by atoms with E-state index >= 15 is 0 Å². The number of hydrogen-bond donors (Lipinski definition) is 2. The van der Waals surface area contributed by atoms with Crippen LogP contribution in [0.2, 0.25) is 0 Å². The van der Waals surface area contributed by atoms with Crippen LogP contribution in [0.25, 0.3) is 0 Å². The largest absolute Gasteiger partial charge is 0.350 e. The van der Waals surface area contributed by atoms with Crippen LogP contribution in [0.1, 0.15) is 48.9 Å². The van der Waals surface area contributed by atoms with Crippen molar-refractivity contribution in [1.29, 1.82) is 0 Å². The summed E-state index contributed by atoms with van der Waals surface area (Å²) in [7, 11) is 0. The number of aromatic nitrogens is 1. The summed E-state index contributed by atoms with van der Waals surface area (Å²) in [6.07, 6.45) is 9.23. The van der Waals surface area contributed by atoms with Crippen LogP contribution in [0, 0.1) is 17.8 Å². The van der Waals surface area contributed by atoms with Crippen molar-refractivity contribution in [3.63, 3.8) is 0 Å². The van der Waals surface area contributed by atoms with Gasteiger partial charge in [-0.25, -0.2) is 4.98 Å². The lowest BCUT2D eigenvalue weighted by molar-refractivity contribution is -0.124. The van der Waals surface area contributed by atoms with Gasteiger partial charge in [-0.3, -0.25) is 14.9 Å². The molecule has 152 valence electrons. The van der Waals surface area contributed by atoms with E-state index in [9.17, 15) is 9.59 Å². The van der Waals surface area contributed by atoms with Gasteiger partial charge in [-0.1, -0.05) is 12.1 Å². The third-order valence-electron chi connectivity index (χ3n) is 6.59. The molecule has 1 heterocycles. The summed E-state index contributed by atoms with van der Waals surface area (Å²) in [5, 5.41) is 8.64. The summed E-state index contributed by atoms with van der Waals surface area (Å²) in [5.41, 5.74) is 0.615. The molecule has 0 saturated heterocycles. The quantitative estimate of drug-likeness (QED) is 0.663. The van der Waals surface area contributed by atoms with Crippen molar-refractivity contribution < 1.29 is 9.59 Å². The molecule has 0 atom stereocenters. The molecule has 7 heteroatoms. The van der Waals surface area contributed by atoms with E-state index in [4.69, 9.17) is 0 Å². The maximum atomic E-state index is 12.8. The van der Waals surface area contributed by atoms with Gasteiger partial charge < -0.3 is 5.32 Å². The van der Waals surface area contributed by atoms with Crippen LogP contribution >= 0.6 is 23.1 Å². The Labute approximate surface area is 179 Å². The summed E-state index contributed by atoms with van der Waals surface area (Å²) in [4.78, 5) is 30.3. The Balaban J connectivity index is 1.22. The van der Waals surface area contributed by atoms with Gasteiger partial charge in [0.25, 0.3) is 5.91 Å². The molecule has 1 aromatic carbocycles. The van der Waals surface area contributed by atoms with E-state index in [0.717, 1.165) is 41.9 Å². The van der Waals surface area contributed by atoms with Crippen LogP contribution < -0.4 is 10.6 Å². The molecule has 0 aliphatic heterocycles. The Morgan fingerprint density at radius 2 is 1.79 bits per heavy atom. The summed E-state index contributed by atoms with van der Waals surface area (Å²) < 4.78 is 0. The molecular formula is C22H25N3O2S2. The average molecular weight is 428 g/mol. The minimum atomic E-state index is -0.190. The molecule has 0 radical (unpaired) electrons. The zero-order chi connectivity index (χ0) is 19.8. The van der Waals surface area contributed by atoms with Gasteiger partial charge in [-0.2, -0.15) is 0 Å². The Bertz CT molecular complexity index is 877. The minimum Gasteiger partial charge on any atom is -0.350 e. The highest BCUT2D eigenvalue weighted by Crippen LogP contribution is 2.55. The van der Waals surface area contributed by atoms with Gasteiger partial charge in [-0.05, 0) is 68.4 Å². The average Bonchev–Trinajstić information content (AvgIpc) is 3.18. The summed E-state index contributed by atoms with van der Waals surface area (Å²) in [5.74, 6) is 2.67. The zero-order valence-corrected chi connectivity index (χ0v) is 17.9. The molecule has 2 amide bonds. The molecule has 4 aliphatic rings. The fraction of sp³-hybridized carbons (Fsp3) is 0.500. The number of anilines is 1. The fourth-order valence-corrected chi connectivity index (χ4v) is 7.34.